The molecule has 1 unspecified atom stereocenters. The molecular formula is C13H22N2O3S2. The van der Waals surface area contributed by atoms with Crippen LogP contribution in [0.5, 0.6) is 0 Å². The van der Waals surface area contributed by atoms with E-state index in [9.17, 15) is 8.42 Å². The van der Waals surface area contributed by atoms with Gasteiger partial charge < -0.3 is 10.1 Å². The van der Waals surface area contributed by atoms with E-state index in [1.165, 1.54) is 0 Å². The molecular weight excluding hydrogens is 296 g/mol. The number of hydrogen-bond acceptors (Lipinski definition) is 6. The van der Waals surface area contributed by atoms with Crippen LogP contribution in [0.25, 0.3) is 0 Å². The Bertz CT molecular complexity index is 549. The molecule has 0 aliphatic carbocycles. The first kappa shape index (κ1) is 15.9. The molecule has 1 aliphatic heterocycles. The van der Waals surface area contributed by atoms with Crippen molar-refractivity contribution in [2.45, 2.75) is 32.2 Å². The second kappa shape index (κ2) is 6.09. The van der Waals surface area contributed by atoms with Gasteiger partial charge in [0.1, 0.15) is 5.01 Å². The summed E-state index contributed by atoms with van der Waals surface area (Å²) < 4.78 is 29.2. The first-order valence-corrected chi connectivity index (χ1v) is 9.41. The molecule has 0 bridgehead atoms. The average Bonchev–Trinajstić information content (AvgIpc) is 2.69. The highest BCUT2D eigenvalue weighted by Gasteiger charge is 2.42. The van der Waals surface area contributed by atoms with Gasteiger partial charge in [-0.25, -0.2) is 13.4 Å². The van der Waals surface area contributed by atoms with Gasteiger partial charge in [-0.2, -0.15) is 0 Å². The van der Waals surface area contributed by atoms with Crippen LogP contribution in [0.3, 0.4) is 0 Å². The van der Waals surface area contributed by atoms with Gasteiger partial charge in [-0.15, -0.1) is 11.3 Å². The molecule has 1 aromatic heterocycles. The lowest BCUT2D eigenvalue weighted by Crippen LogP contribution is -2.51. The van der Waals surface area contributed by atoms with E-state index in [1.54, 1.807) is 18.4 Å². The van der Waals surface area contributed by atoms with E-state index in [2.05, 4.69) is 10.3 Å². The SMILES string of the molecule is COCCNC1(c2nc(C)c(C)s2)CCCS(=O)(=O)C1. The zero-order valence-corrected chi connectivity index (χ0v) is 13.9. The molecule has 2 rings (SSSR count). The van der Waals surface area contributed by atoms with Gasteiger partial charge in [0.05, 0.1) is 29.3 Å². The molecule has 2 heterocycles. The highest BCUT2D eigenvalue weighted by atomic mass is 32.2. The molecule has 7 heteroatoms. The first-order chi connectivity index (χ1) is 9.38. The van der Waals surface area contributed by atoms with Crippen molar-refractivity contribution in [3.05, 3.63) is 15.6 Å². The molecule has 1 atom stereocenters. The van der Waals surface area contributed by atoms with Gasteiger partial charge in [0.25, 0.3) is 0 Å². The normalized spacial score (nSPS) is 25.8. The molecule has 0 saturated carbocycles. The van der Waals surface area contributed by atoms with Gasteiger partial charge in [-0.3, -0.25) is 0 Å². The summed E-state index contributed by atoms with van der Waals surface area (Å²) in [7, 11) is -1.37. The van der Waals surface area contributed by atoms with Crippen LogP contribution < -0.4 is 5.32 Å². The van der Waals surface area contributed by atoms with E-state index in [4.69, 9.17) is 4.74 Å². The van der Waals surface area contributed by atoms with E-state index in [0.717, 1.165) is 22.0 Å². The summed E-state index contributed by atoms with van der Waals surface area (Å²) in [6.45, 7) is 5.18. The van der Waals surface area contributed by atoms with Crippen molar-refractivity contribution in [1.29, 1.82) is 0 Å². The maximum absolute atomic E-state index is 12.1. The fourth-order valence-corrected chi connectivity index (χ4v) is 5.63. The number of ether oxygens (including phenoxy) is 1. The average molecular weight is 318 g/mol. The Balaban J connectivity index is 2.32. The molecule has 1 N–H and O–H groups in total. The smallest absolute Gasteiger partial charge is 0.152 e. The number of aryl methyl sites for hydroxylation is 2. The quantitative estimate of drug-likeness (QED) is 0.831. The van der Waals surface area contributed by atoms with E-state index >= 15 is 0 Å². The standard InChI is InChI=1S/C13H22N2O3S2/c1-10-11(2)19-12(15-10)13(14-6-7-18-3)5-4-8-20(16,17)9-13/h14H,4-9H2,1-3H3. The third-order valence-corrected chi connectivity index (χ3v) is 6.85. The Morgan fingerprint density at radius 1 is 1.45 bits per heavy atom. The van der Waals surface area contributed by atoms with Crippen LogP contribution in [0.15, 0.2) is 0 Å². The second-order valence-corrected chi connectivity index (χ2v) is 8.75. The van der Waals surface area contributed by atoms with Gasteiger partial charge >= 0.3 is 0 Å². The van der Waals surface area contributed by atoms with Crippen LogP contribution in [0.4, 0.5) is 0 Å². The number of methoxy groups -OCH3 is 1. The molecule has 0 aromatic carbocycles. The number of aromatic nitrogens is 1. The summed E-state index contributed by atoms with van der Waals surface area (Å²) in [6.07, 6.45) is 1.49. The molecule has 5 nitrogen and oxygen atoms in total. The van der Waals surface area contributed by atoms with Crippen LogP contribution in [-0.2, 0) is 20.1 Å². The minimum absolute atomic E-state index is 0.135. The highest BCUT2D eigenvalue weighted by molar-refractivity contribution is 7.91. The molecule has 0 spiro atoms. The summed E-state index contributed by atoms with van der Waals surface area (Å²) in [6, 6.07) is 0. The van der Waals surface area contributed by atoms with Crippen molar-refractivity contribution in [3.63, 3.8) is 0 Å². The molecule has 114 valence electrons. The minimum Gasteiger partial charge on any atom is -0.383 e. The molecule has 1 aliphatic rings. The number of rotatable bonds is 5. The van der Waals surface area contributed by atoms with Crippen molar-refractivity contribution in [2.24, 2.45) is 0 Å². The van der Waals surface area contributed by atoms with Crippen LogP contribution in [0.2, 0.25) is 0 Å². The number of hydrogen-bond donors (Lipinski definition) is 1. The number of thiazole rings is 1. The van der Waals surface area contributed by atoms with Crippen LogP contribution in [-0.4, -0.2) is 45.2 Å². The maximum atomic E-state index is 12.1. The molecule has 1 aromatic rings. The van der Waals surface area contributed by atoms with E-state index < -0.39 is 15.4 Å². The van der Waals surface area contributed by atoms with Crippen LogP contribution in [0, 0.1) is 13.8 Å². The van der Waals surface area contributed by atoms with Crippen molar-refractivity contribution < 1.29 is 13.2 Å². The van der Waals surface area contributed by atoms with Crippen LogP contribution in [0.1, 0.15) is 28.4 Å². The first-order valence-electron chi connectivity index (χ1n) is 6.77. The number of nitrogens with one attached hydrogen (secondary N) is 1. The summed E-state index contributed by atoms with van der Waals surface area (Å²) in [5.41, 5.74) is 0.445. The molecule has 0 radical (unpaired) electrons. The van der Waals surface area contributed by atoms with Gasteiger partial charge in [0, 0.05) is 18.5 Å². The summed E-state index contributed by atoms with van der Waals surface area (Å²) in [5.74, 6) is 0.417. The van der Waals surface area contributed by atoms with Crippen LogP contribution >= 0.6 is 11.3 Å². The van der Waals surface area contributed by atoms with Gasteiger partial charge in [-0.1, -0.05) is 0 Å². The third-order valence-electron chi connectivity index (χ3n) is 3.73. The maximum Gasteiger partial charge on any atom is 0.152 e. The lowest BCUT2D eigenvalue weighted by molar-refractivity contribution is 0.183. The Morgan fingerprint density at radius 2 is 2.20 bits per heavy atom. The van der Waals surface area contributed by atoms with Crippen molar-refractivity contribution in [1.82, 2.24) is 10.3 Å². The largest absolute Gasteiger partial charge is 0.383 e. The van der Waals surface area contributed by atoms with Gasteiger partial charge in [-0.05, 0) is 26.7 Å². The Morgan fingerprint density at radius 3 is 2.75 bits per heavy atom. The van der Waals surface area contributed by atoms with Crippen molar-refractivity contribution in [3.8, 4) is 0 Å². The Hall–Kier alpha value is -0.500. The van der Waals surface area contributed by atoms with E-state index in [0.29, 0.717) is 19.6 Å². The number of nitrogens with zero attached hydrogens (tertiary/aromatic N) is 1. The lowest BCUT2D eigenvalue weighted by Gasteiger charge is -2.36. The predicted molar refractivity (Wildman–Crippen MR) is 81.0 cm³/mol. The lowest BCUT2D eigenvalue weighted by atomic mass is 9.96. The third kappa shape index (κ3) is 3.39. The molecule has 1 fully saturated rings. The zero-order valence-electron chi connectivity index (χ0n) is 12.2. The monoisotopic (exact) mass is 318 g/mol. The topological polar surface area (TPSA) is 68.3 Å². The second-order valence-electron chi connectivity index (χ2n) is 5.36. The molecule has 20 heavy (non-hydrogen) atoms. The highest BCUT2D eigenvalue weighted by Crippen LogP contribution is 2.36. The van der Waals surface area contributed by atoms with Gasteiger partial charge in [0.15, 0.2) is 9.84 Å². The fourth-order valence-electron chi connectivity index (χ4n) is 2.57. The summed E-state index contributed by atoms with van der Waals surface area (Å²) in [5, 5.41) is 4.29. The Labute approximate surface area is 124 Å². The fraction of sp³-hybridized carbons (Fsp3) is 0.769. The van der Waals surface area contributed by atoms with E-state index in [-0.39, 0.29) is 11.5 Å². The predicted octanol–water partition coefficient (Wildman–Crippen LogP) is 1.40. The van der Waals surface area contributed by atoms with Gasteiger partial charge in [0.2, 0.25) is 0 Å². The molecule has 0 amide bonds. The van der Waals surface area contributed by atoms with Crippen molar-refractivity contribution >= 4 is 21.2 Å². The van der Waals surface area contributed by atoms with Crippen molar-refractivity contribution in [2.75, 3.05) is 31.8 Å². The summed E-state index contributed by atoms with van der Waals surface area (Å²) in [4.78, 5) is 5.75. The molecule has 1 saturated heterocycles. The zero-order chi connectivity index (χ0) is 14.8. The Kier molecular flexibility index (Phi) is 4.84. The number of sulfone groups is 1. The minimum atomic E-state index is -3.02. The summed E-state index contributed by atoms with van der Waals surface area (Å²) >= 11 is 1.60. The van der Waals surface area contributed by atoms with E-state index in [1.807, 2.05) is 13.8 Å².